The standard InChI is InChI=1S/C13H18ClNO4S/c14-11-3-1-10(2-4-11)12(16)7-15-8-13(17)5-6-20(18,19)9-13/h1-4,12,15-17H,5-9H2/t12-,13?/m0/s1. The normalized spacial score (nSPS) is 26.6. The first kappa shape index (κ1) is 15.7. The molecule has 0 amide bonds. The Kier molecular flexibility index (Phi) is 4.71. The number of sulfone groups is 1. The summed E-state index contributed by atoms with van der Waals surface area (Å²) >= 11 is 5.76. The van der Waals surface area contributed by atoms with Crippen molar-refractivity contribution in [3.63, 3.8) is 0 Å². The summed E-state index contributed by atoms with van der Waals surface area (Å²) in [5.74, 6) is -0.199. The van der Waals surface area contributed by atoms with Gasteiger partial charge in [0.1, 0.15) is 0 Å². The molecule has 0 radical (unpaired) electrons. The number of aliphatic hydroxyl groups excluding tert-OH is 1. The van der Waals surface area contributed by atoms with Gasteiger partial charge in [0.25, 0.3) is 0 Å². The van der Waals surface area contributed by atoms with E-state index in [1.165, 1.54) is 0 Å². The Labute approximate surface area is 123 Å². The van der Waals surface area contributed by atoms with E-state index < -0.39 is 21.5 Å². The molecule has 20 heavy (non-hydrogen) atoms. The average molecular weight is 320 g/mol. The van der Waals surface area contributed by atoms with Crippen LogP contribution in [-0.2, 0) is 9.84 Å². The van der Waals surface area contributed by atoms with Gasteiger partial charge in [0.15, 0.2) is 9.84 Å². The summed E-state index contributed by atoms with van der Waals surface area (Å²) in [6.07, 6.45) is -0.492. The fourth-order valence-corrected chi connectivity index (χ4v) is 4.31. The highest BCUT2D eigenvalue weighted by molar-refractivity contribution is 7.91. The lowest BCUT2D eigenvalue weighted by atomic mass is 10.0. The molecule has 0 saturated carbocycles. The second kappa shape index (κ2) is 5.99. The fourth-order valence-electron chi connectivity index (χ4n) is 2.28. The van der Waals surface area contributed by atoms with Crippen molar-refractivity contribution in [1.82, 2.24) is 5.32 Å². The van der Waals surface area contributed by atoms with Crippen LogP contribution in [-0.4, -0.2) is 48.8 Å². The molecule has 7 heteroatoms. The van der Waals surface area contributed by atoms with Crippen LogP contribution in [0.25, 0.3) is 0 Å². The molecule has 1 unspecified atom stereocenters. The molecular formula is C13H18ClNO4S. The zero-order chi connectivity index (χ0) is 14.8. The van der Waals surface area contributed by atoms with E-state index in [1.54, 1.807) is 24.3 Å². The summed E-state index contributed by atoms with van der Waals surface area (Å²) in [5, 5.41) is 23.6. The third-order valence-electron chi connectivity index (χ3n) is 3.41. The predicted octanol–water partition coefficient (Wildman–Crippen LogP) is 0.513. The molecule has 1 fully saturated rings. The van der Waals surface area contributed by atoms with Crippen molar-refractivity contribution < 1.29 is 18.6 Å². The summed E-state index contributed by atoms with van der Waals surface area (Å²) in [7, 11) is -3.13. The number of hydrogen-bond donors (Lipinski definition) is 3. The largest absolute Gasteiger partial charge is 0.387 e. The van der Waals surface area contributed by atoms with Crippen molar-refractivity contribution in [2.45, 2.75) is 18.1 Å². The Balaban J connectivity index is 1.83. The molecule has 0 spiro atoms. The average Bonchev–Trinajstić information content (AvgIpc) is 2.64. The molecular weight excluding hydrogens is 302 g/mol. The van der Waals surface area contributed by atoms with Crippen molar-refractivity contribution in [2.75, 3.05) is 24.6 Å². The molecule has 3 N–H and O–H groups in total. The molecule has 1 heterocycles. The molecule has 1 aromatic carbocycles. The lowest BCUT2D eigenvalue weighted by molar-refractivity contribution is 0.0624. The monoisotopic (exact) mass is 319 g/mol. The predicted molar refractivity (Wildman–Crippen MR) is 77.5 cm³/mol. The van der Waals surface area contributed by atoms with E-state index in [2.05, 4.69) is 5.32 Å². The van der Waals surface area contributed by atoms with Crippen LogP contribution < -0.4 is 5.32 Å². The molecule has 2 rings (SSSR count). The maximum Gasteiger partial charge on any atom is 0.153 e. The van der Waals surface area contributed by atoms with Crippen LogP contribution in [0.5, 0.6) is 0 Å². The molecule has 112 valence electrons. The van der Waals surface area contributed by atoms with Gasteiger partial charge in [-0.05, 0) is 24.1 Å². The Morgan fingerprint density at radius 1 is 1.35 bits per heavy atom. The number of aliphatic hydroxyl groups is 2. The van der Waals surface area contributed by atoms with E-state index in [0.717, 1.165) is 0 Å². The van der Waals surface area contributed by atoms with Gasteiger partial charge in [-0.25, -0.2) is 8.42 Å². The minimum absolute atomic E-state index is 0.0188. The van der Waals surface area contributed by atoms with E-state index in [-0.39, 0.29) is 31.0 Å². The number of benzene rings is 1. The van der Waals surface area contributed by atoms with Crippen LogP contribution in [0.3, 0.4) is 0 Å². The Morgan fingerprint density at radius 2 is 2.00 bits per heavy atom. The third-order valence-corrected chi connectivity index (χ3v) is 5.47. The summed E-state index contributed by atoms with van der Waals surface area (Å²) < 4.78 is 22.7. The minimum Gasteiger partial charge on any atom is -0.387 e. The SMILES string of the molecule is O=S1(=O)CCC(O)(CNC[C@H](O)c2ccc(Cl)cc2)C1. The van der Waals surface area contributed by atoms with Crippen molar-refractivity contribution >= 4 is 21.4 Å². The lowest BCUT2D eigenvalue weighted by Gasteiger charge is -2.22. The van der Waals surface area contributed by atoms with Gasteiger partial charge in [0, 0.05) is 18.1 Å². The first-order valence-corrected chi connectivity index (χ1v) is 8.57. The van der Waals surface area contributed by atoms with Gasteiger partial charge in [-0.1, -0.05) is 23.7 Å². The van der Waals surface area contributed by atoms with Crippen molar-refractivity contribution in [2.24, 2.45) is 0 Å². The molecule has 2 atom stereocenters. The van der Waals surface area contributed by atoms with Crippen molar-refractivity contribution in [3.05, 3.63) is 34.9 Å². The van der Waals surface area contributed by atoms with Gasteiger partial charge in [-0.15, -0.1) is 0 Å². The van der Waals surface area contributed by atoms with Crippen LogP contribution in [0.2, 0.25) is 5.02 Å². The van der Waals surface area contributed by atoms with Crippen molar-refractivity contribution in [1.29, 1.82) is 0 Å². The smallest absolute Gasteiger partial charge is 0.153 e. The molecule has 0 bridgehead atoms. The third kappa shape index (κ3) is 4.17. The van der Waals surface area contributed by atoms with Crippen LogP contribution in [0.1, 0.15) is 18.1 Å². The highest BCUT2D eigenvalue weighted by Gasteiger charge is 2.40. The Bertz CT molecular complexity index is 560. The van der Waals surface area contributed by atoms with Crippen LogP contribution in [0.4, 0.5) is 0 Å². The first-order valence-electron chi connectivity index (χ1n) is 6.37. The first-order chi connectivity index (χ1) is 9.30. The maximum absolute atomic E-state index is 11.3. The van der Waals surface area contributed by atoms with Crippen LogP contribution in [0, 0.1) is 0 Å². The van der Waals surface area contributed by atoms with Gasteiger partial charge in [0.2, 0.25) is 0 Å². The zero-order valence-electron chi connectivity index (χ0n) is 10.9. The zero-order valence-corrected chi connectivity index (χ0v) is 12.5. The quantitative estimate of drug-likeness (QED) is 0.736. The van der Waals surface area contributed by atoms with Gasteiger partial charge in [-0.3, -0.25) is 0 Å². The highest BCUT2D eigenvalue weighted by Crippen LogP contribution is 2.23. The summed E-state index contributed by atoms with van der Waals surface area (Å²) in [6.45, 7) is 0.390. The summed E-state index contributed by atoms with van der Waals surface area (Å²) in [5.41, 5.74) is -0.508. The van der Waals surface area contributed by atoms with Gasteiger partial charge >= 0.3 is 0 Å². The van der Waals surface area contributed by atoms with Crippen molar-refractivity contribution in [3.8, 4) is 0 Å². The molecule has 1 aliphatic heterocycles. The van der Waals surface area contributed by atoms with Gasteiger partial charge < -0.3 is 15.5 Å². The topological polar surface area (TPSA) is 86.6 Å². The van der Waals surface area contributed by atoms with Crippen LogP contribution >= 0.6 is 11.6 Å². The lowest BCUT2D eigenvalue weighted by Crippen LogP contribution is -2.42. The van der Waals surface area contributed by atoms with E-state index in [1.807, 2.05) is 0 Å². The van der Waals surface area contributed by atoms with Gasteiger partial charge in [-0.2, -0.15) is 0 Å². The summed E-state index contributed by atoms with van der Waals surface area (Å²) in [6, 6.07) is 6.83. The Hall–Kier alpha value is -0.660. The number of rotatable bonds is 5. The number of nitrogens with one attached hydrogen (secondary N) is 1. The number of hydrogen-bond acceptors (Lipinski definition) is 5. The van der Waals surface area contributed by atoms with E-state index in [4.69, 9.17) is 11.6 Å². The fraction of sp³-hybridized carbons (Fsp3) is 0.538. The second-order valence-corrected chi connectivity index (χ2v) is 7.89. The Morgan fingerprint density at radius 3 is 2.55 bits per heavy atom. The molecule has 1 saturated heterocycles. The van der Waals surface area contributed by atoms with Gasteiger partial charge in [0.05, 0.1) is 23.2 Å². The molecule has 1 aromatic rings. The minimum atomic E-state index is -3.13. The maximum atomic E-state index is 11.3. The van der Waals surface area contributed by atoms with E-state index in [9.17, 15) is 18.6 Å². The molecule has 0 aliphatic carbocycles. The molecule has 1 aliphatic rings. The van der Waals surface area contributed by atoms with Crippen LogP contribution in [0.15, 0.2) is 24.3 Å². The number of halogens is 1. The van der Waals surface area contributed by atoms with E-state index >= 15 is 0 Å². The second-order valence-electron chi connectivity index (χ2n) is 5.26. The molecule has 5 nitrogen and oxygen atoms in total. The van der Waals surface area contributed by atoms with E-state index in [0.29, 0.717) is 10.6 Å². The highest BCUT2D eigenvalue weighted by atomic mass is 35.5. The summed E-state index contributed by atoms with van der Waals surface area (Å²) in [4.78, 5) is 0. The molecule has 0 aromatic heterocycles.